The molecule has 76 valence electrons. The Bertz CT molecular complexity index is 185. The predicted molar refractivity (Wildman–Crippen MR) is 45.6 cm³/mol. The maximum absolute atomic E-state index is 10.5. The number of nitrogens with zero attached hydrogens (tertiary/aromatic N) is 1. The zero-order chi connectivity index (χ0) is 9.84. The molecule has 0 aliphatic carbocycles. The summed E-state index contributed by atoms with van der Waals surface area (Å²) in [5, 5.41) is 18.2. The van der Waals surface area contributed by atoms with Gasteiger partial charge in [0.1, 0.15) is 0 Å². The molecule has 0 aromatic rings. The largest absolute Gasteiger partial charge is 0.465 e. The molecule has 5 nitrogen and oxygen atoms in total. The third-order valence-corrected chi connectivity index (χ3v) is 2.38. The highest BCUT2D eigenvalue weighted by Crippen LogP contribution is 2.19. The summed E-state index contributed by atoms with van der Waals surface area (Å²) in [7, 11) is 1.52. The quantitative estimate of drug-likeness (QED) is 0.655. The number of rotatable bonds is 3. The van der Waals surface area contributed by atoms with Crippen LogP contribution in [-0.2, 0) is 4.74 Å². The van der Waals surface area contributed by atoms with E-state index < -0.39 is 12.2 Å². The number of ether oxygens (including phenoxy) is 1. The van der Waals surface area contributed by atoms with E-state index >= 15 is 0 Å². The summed E-state index contributed by atoms with van der Waals surface area (Å²) >= 11 is 0. The van der Waals surface area contributed by atoms with E-state index in [0.29, 0.717) is 13.1 Å². The Labute approximate surface area is 76.9 Å². The van der Waals surface area contributed by atoms with Gasteiger partial charge in [-0.3, -0.25) is 0 Å². The van der Waals surface area contributed by atoms with Crippen LogP contribution in [0.25, 0.3) is 0 Å². The Morgan fingerprint density at radius 3 is 2.92 bits per heavy atom. The van der Waals surface area contributed by atoms with Gasteiger partial charge in [0.15, 0.2) is 0 Å². The number of aliphatic hydroxyl groups excluding tert-OH is 1. The Morgan fingerprint density at radius 2 is 2.46 bits per heavy atom. The molecule has 0 radical (unpaired) electrons. The first-order chi connectivity index (χ1) is 6.15. The summed E-state index contributed by atoms with van der Waals surface area (Å²) in [4.78, 5) is 11.9. The summed E-state index contributed by atoms with van der Waals surface area (Å²) in [6.45, 7) is 1.21. The van der Waals surface area contributed by atoms with Gasteiger partial charge in [-0.2, -0.15) is 0 Å². The molecule has 1 heterocycles. The summed E-state index contributed by atoms with van der Waals surface area (Å²) in [5.74, 6) is 0.0241. The number of hydrogen-bond donors (Lipinski definition) is 2. The van der Waals surface area contributed by atoms with Gasteiger partial charge in [0.2, 0.25) is 0 Å². The maximum Gasteiger partial charge on any atom is 0.407 e. The summed E-state index contributed by atoms with van der Waals surface area (Å²) in [5.41, 5.74) is 0. The number of likely N-dealkylation sites (tertiary alicyclic amines) is 1. The Morgan fingerprint density at radius 1 is 1.77 bits per heavy atom. The normalized spacial score (nSPS) is 24.8. The van der Waals surface area contributed by atoms with Gasteiger partial charge >= 0.3 is 6.09 Å². The van der Waals surface area contributed by atoms with E-state index in [9.17, 15) is 9.90 Å². The average molecular weight is 189 g/mol. The van der Waals surface area contributed by atoms with E-state index in [2.05, 4.69) is 0 Å². The first-order valence-corrected chi connectivity index (χ1v) is 4.30. The molecule has 1 unspecified atom stereocenters. The van der Waals surface area contributed by atoms with Gasteiger partial charge in [-0.25, -0.2) is 4.79 Å². The molecule has 1 saturated heterocycles. The van der Waals surface area contributed by atoms with Crippen molar-refractivity contribution in [1.82, 2.24) is 4.90 Å². The predicted octanol–water partition coefficient (Wildman–Crippen LogP) is -0.00640. The lowest BCUT2D eigenvalue weighted by Gasteiger charge is -2.17. The minimum Gasteiger partial charge on any atom is -0.465 e. The van der Waals surface area contributed by atoms with Crippen LogP contribution in [0.3, 0.4) is 0 Å². The van der Waals surface area contributed by atoms with Gasteiger partial charge < -0.3 is 19.8 Å². The number of aliphatic hydroxyl groups is 1. The SMILES string of the molecule is COC[C@@H](O)C1CCN(C(=O)O)C1. The van der Waals surface area contributed by atoms with E-state index in [1.165, 1.54) is 12.0 Å². The molecular weight excluding hydrogens is 174 g/mol. The number of carbonyl (C=O) groups is 1. The number of hydrogen-bond acceptors (Lipinski definition) is 3. The first-order valence-electron chi connectivity index (χ1n) is 4.30. The van der Waals surface area contributed by atoms with E-state index in [1.54, 1.807) is 0 Å². The van der Waals surface area contributed by atoms with Crippen LogP contribution in [0.2, 0.25) is 0 Å². The van der Waals surface area contributed by atoms with E-state index in [-0.39, 0.29) is 12.5 Å². The van der Waals surface area contributed by atoms with Gasteiger partial charge in [0.05, 0.1) is 12.7 Å². The lowest BCUT2D eigenvalue weighted by atomic mass is 10.0. The highest BCUT2D eigenvalue weighted by Gasteiger charge is 2.30. The Kier molecular flexibility index (Phi) is 3.50. The van der Waals surface area contributed by atoms with Gasteiger partial charge in [0, 0.05) is 26.1 Å². The highest BCUT2D eigenvalue weighted by atomic mass is 16.5. The third-order valence-electron chi connectivity index (χ3n) is 2.38. The smallest absolute Gasteiger partial charge is 0.407 e. The molecule has 1 fully saturated rings. The van der Waals surface area contributed by atoms with Crippen LogP contribution in [0.4, 0.5) is 4.79 Å². The van der Waals surface area contributed by atoms with Crippen LogP contribution in [-0.4, -0.2) is 54.1 Å². The number of methoxy groups -OCH3 is 1. The molecule has 0 saturated carbocycles. The van der Waals surface area contributed by atoms with Crippen LogP contribution in [0.1, 0.15) is 6.42 Å². The van der Waals surface area contributed by atoms with Crippen LogP contribution in [0.15, 0.2) is 0 Å². The van der Waals surface area contributed by atoms with Crippen molar-refractivity contribution in [2.45, 2.75) is 12.5 Å². The van der Waals surface area contributed by atoms with Gasteiger partial charge in [-0.05, 0) is 6.42 Å². The minimum atomic E-state index is -0.910. The van der Waals surface area contributed by atoms with Gasteiger partial charge in [-0.1, -0.05) is 0 Å². The van der Waals surface area contributed by atoms with Crippen LogP contribution < -0.4 is 0 Å². The third kappa shape index (κ3) is 2.57. The summed E-state index contributed by atoms with van der Waals surface area (Å²) in [6.07, 6.45) is -0.738. The van der Waals surface area contributed by atoms with E-state index in [1.807, 2.05) is 0 Å². The second kappa shape index (κ2) is 4.43. The van der Waals surface area contributed by atoms with Crippen molar-refractivity contribution >= 4 is 6.09 Å². The second-order valence-corrected chi connectivity index (χ2v) is 3.30. The van der Waals surface area contributed by atoms with Crippen LogP contribution >= 0.6 is 0 Å². The van der Waals surface area contributed by atoms with Crippen molar-refractivity contribution < 1.29 is 19.7 Å². The zero-order valence-electron chi connectivity index (χ0n) is 7.64. The minimum absolute atomic E-state index is 0.0241. The van der Waals surface area contributed by atoms with Crippen molar-refractivity contribution in [3.8, 4) is 0 Å². The maximum atomic E-state index is 10.5. The zero-order valence-corrected chi connectivity index (χ0v) is 7.64. The molecule has 1 amide bonds. The topological polar surface area (TPSA) is 70.0 Å². The molecule has 1 aliphatic heterocycles. The van der Waals surface area contributed by atoms with Crippen molar-refractivity contribution in [2.75, 3.05) is 26.8 Å². The molecule has 0 bridgehead atoms. The fourth-order valence-corrected chi connectivity index (χ4v) is 1.58. The molecule has 2 atom stereocenters. The fourth-order valence-electron chi connectivity index (χ4n) is 1.58. The van der Waals surface area contributed by atoms with Crippen LogP contribution in [0.5, 0.6) is 0 Å². The monoisotopic (exact) mass is 189 g/mol. The van der Waals surface area contributed by atoms with E-state index in [4.69, 9.17) is 9.84 Å². The lowest BCUT2D eigenvalue weighted by molar-refractivity contribution is 0.0281. The highest BCUT2D eigenvalue weighted by molar-refractivity contribution is 5.65. The Balaban J connectivity index is 2.35. The number of amides is 1. The molecule has 13 heavy (non-hydrogen) atoms. The molecule has 0 aromatic heterocycles. The number of carboxylic acid groups (broad SMARTS) is 1. The van der Waals surface area contributed by atoms with E-state index in [0.717, 1.165) is 6.42 Å². The van der Waals surface area contributed by atoms with Crippen molar-refractivity contribution in [2.24, 2.45) is 5.92 Å². The molecular formula is C8H15NO4. The lowest BCUT2D eigenvalue weighted by Crippen LogP contribution is -2.31. The molecule has 1 rings (SSSR count). The van der Waals surface area contributed by atoms with Crippen LogP contribution in [0, 0.1) is 5.92 Å². The molecule has 0 spiro atoms. The average Bonchev–Trinajstić information content (AvgIpc) is 2.52. The molecule has 5 heteroatoms. The molecule has 1 aliphatic rings. The van der Waals surface area contributed by atoms with Gasteiger partial charge in [-0.15, -0.1) is 0 Å². The van der Waals surface area contributed by atoms with Gasteiger partial charge in [0.25, 0.3) is 0 Å². The van der Waals surface area contributed by atoms with Crippen molar-refractivity contribution in [1.29, 1.82) is 0 Å². The Hall–Kier alpha value is -0.810. The summed E-state index contributed by atoms with van der Waals surface area (Å²) in [6, 6.07) is 0. The standard InChI is InChI=1S/C8H15NO4/c1-13-5-7(10)6-2-3-9(4-6)8(11)12/h6-7,10H,2-5H2,1H3,(H,11,12)/t6?,7-/m1/s1. The van der Waals surface area contributed by atoms with Crippen molar-refractivity contribution in [3.63, 3.8) is 0 Å². The second-order valence-electron chi connectivity index (χ2n) is 3.30. The fraction of sp³-hybridized carbons (Fsp3) is 0.875. The summed E-state index contributed by atoms with van der Waals surface area (Å²) < 4.78 is 4.80. The van der Waals surface area contributed by atoms with Crippen molar-refractivity contribution in [3.05, 3.63) is 0 Å². The first kappa shape index (κ1) is 10.3. The molecule has 0 aromatic carbocycles. The molecule has 2 N–H and O–H groups in total.